The van der Waals surface area contributed by atoms with Crippen LogP contribution in [0.25, 0.3) is 0 Å². The van der Waals surface area contributed by atoms with Crippen molar-refractivity contribution < 1.29 is 19.1 Å². The Kier molecular flexibility index (Phi) is 4.52. The van der Waals surface area contributed by atoms with Gasteiger partial charge in [0, 0.05) is 32.0 Å². The first kappa shape index (κ1) is 16.3. The van der Waals surface area contributed by atoms with Crippen molar-refractivity contribution in [1.29, 1.82) is 0 Å². The molecule has 4 aliphatic rings. The second kappa shape index (κ2) is 6.64. The number of carbonyl (C=O) groups is 2. The lowest BCUT2D eigenvalue weighted by Gasteiger charge is -2.54. The number of rotatable bonds is 4. The molecule has 0 aromatic rings. The Hall–Kier alpha value is -1.14. The normalized spacial score (nSPS) is 29.4. The molecular formula is C18H28N2O4. The van der Waals surface area contributed by atoms with Gasteiger partial charge in [0.2, 0.25) is 11.8 Å². The third-order valence-electron chi connectivity index (χ3n) is 6.07. The van der Waals surface area contributed by atoms with Gasteiger partial charge in [-0.15, -0.1) is 0 Å². The predicted molar refractivity (Wildman–Crippen MR) is 87.4 cm³/mol. The number of hydrogen-bond acceptors (Lipinski definition) is 4. The zero-order valence-electron chi connectivity index (χ0n) is 14.4. The molecule has 134 valence electrons. The number of carbonyl (C=O) groups excluding carboxylic acids is 2. The quantitative estimate of drug-likeness (QED) is 0.774. The van der Waals surface area contributed by atoms with Crippen molar-refractivity contribution in [2.45, 2.75) is 56.7 Å². The lowest BCUT2D eigenvalue weighted by atomic mass is 9.80. The highest BCUT2D eigenvalue weighted by Crippen LogP contribution is 2.38. The molecule has 24 heavy (non-hydrogen) atoms. The Labute approximate surface area is 143 Å². The largest absolute Gasteiger partial charge is 0.371 e. The molecule has 3 aliphatic heterocycles. The summed E-state index contributed by atoms with van der Waals surface area (Å²) in [6.45, 7) is 3.99. The lowest BCUT2D eigenvalue weighted by Crippen LogP contribution is -2.68. The van der Waals surface area contributed by atoms with E-state index >= 15 is 0 Å². The average molecular weight is 336 g/mol. The standard InChI is InChI=1S/C18H28N2O4/c21-16(19-7-1-2-8-19)11-23-15-6-9-24-18(10-15)12-20(13-18)17(22)14-4-3-5-14/h14-15H,1-13H2/t15-/m1/s1. The van der Waals surface area contributed by atoms with Crippen LogP contribution in [0.4, 0.5) is 0 Å². The van der Waals surface area contributed by atoms with Gasteiger partial charge in [-0.05, 0) is 32.1 Å². The molecule has 6 heteroatoms. The Morgan fingerprint density at radius 2 is 1.79 bits per heavy atom. The summed E-state index contributed by atoms with van der Waals surface area (Å²) in [4.78, 5) is 28.2. The first-order chi connectivity index (χ1) is 11.7. The van der Waals surface area contributed by atoms with Crippen LogP contribution in [0.5, 0.6) is 0 Å². The number of amides is 2. The van der Waals surface area contributed by atoms with Crippen LogP contribution in [-0.4, -0.2) is 72.7 Å². The third kappa shape index (κ3) is 3.18. The van der Waals surface area contributed by atoms with E-state index in [9.17, 15) is 9.59 Å². The van der Waals surface area contributed by atoms with Crippen LogP contribution in [0.2, 0.25) is 0 Å². The summed E-state index contributed by atoms with van der Waals surface area (Å²) >= 11 is 0. The van der Waals surface area contributed by atoms with E-state index in [-0.39, 0.29) is 30.1 Å². The van der Waals surface area contributed by atoms with Gasteiger partial charge in [-0.25, -0.2) is 0 Å². The second-order valence-electron chi connectivity index (χ2n) is 7.87. The Bertz CT molecular complexity index is 493. The topological polar surface area (TPSA) is 59.1 Å². The summed E-state index contributed by atoms with van der Waals surface area (Å²) in [7, 11) is 0. The highest BCUT2D eigenvalue weighted by Gasteiger charge is 2.50. The van der Waals surface area contributed by atoms with Crippen LogP contribution in [0.3, 0.4) is 0 Å². The zero-order valence-corrected chi connectivity index (χ0v) is 14.4. The molecule has 1 spiro atoms. The first-order valence-corrected chi connectivity index (χ1v) is 9.47. The summed E-state index contributed by atoms with van der Waals surface area (Å²) in [5, 5.41) is 0. The fourth-order valence-corrected chi connectivity index (χ4v) is 4.31. The summed E-state index contributed by atoms with van der Waals surface area (Å²) in [6.07, 6.45) is 7.22. The molecule has 3 saturated heterocycles. The maximum Gasteiger partial charge on any atom is 0.248 e. The van der Waals surface area contributed by atoms with E-state index in [1.807, 2.05) is 9.80 Å². The molecular weight excluding hydrogens is 308 g/mol. The smallest absolute Gasteiger partial charge is 0.248 e. The maximum absolute atomic E-state index is 12.3. The van der Waals surface area contributed by atoms with Crippen molar-refractivity contribution in [1.82, 2.24) is 9.80 Å². The minimum atomic E-state index is -0.223. The summed E-state index contributed by atoms with van der Waals surface area (Å²) in [5.41, 5.74) is -0.223. The van der Waals surface area contributed by atoms with Crippen LogP contribution in [0.15, 0.2) is 0 Å². The van der Waals surface area contributed by atoms with Crippen molar-refractivity contribution in [3.63, 3.8) is 0 Å². The molecule has 0 radical (unpaired) electrons. The van der Waals surface area contributed by atoms with Gasteiger partial charge >= 0.3 is 0 Å². The lowest BCUT2D eigenvalue weighted by molar-refractivity contribution is -0.204. The number of hydrogen-bond donors (Lipinski definition) is 0. The number of ether oxygens (including phenoxy) is 2. The summed E-state index contributed by atoms with van der Waals surface area (Å²) in [6, 6.07) is 0. The SMILES string of the molecule is O=C(CO[C@@H]1CCOC2(C1)CN(C(=O)C1CCC1)C2)N1CCCC1. The molecule has 0 unspecified atom stereocenters. The third-order valence-corrected chi connectivity index (χ3v) is 6.07. The maximum atomic E-state index is 12.3. The molecule has 0 aromatic carbocycles. The van der Waals surface area contributed by atoms with E-state index in [2.05, 4.69) is 0 Å². The zero-order chi connectivity index (χ0) is 16.6. The fourth-order valence-electron chi connectivity index (χ4n) is 4.31. The first-order valence-electron chi connectivity index (χ1n) is 9.47. The van der Waals surface area contributed by atoms with Gasteiger partial charge in [-0.3, -0.25) is 9.59 Å². The van der Waals surface area contributed by atoms with Gasteiger partial charge in [-0.1, -0.05) is 6.42 Å². The van der Waals surface area contributed by atoms with Gasteiger partial charge < -0.3 is 19.3 Å². The van der Waals surface area contributed by atoms with Crippen molar-refractivity contribution >= 4 is 11.8 Å². The van der Waals surface area contributed by atoms with Gasteiger partial charge in [0.1, 0.15) is 12.2 Å². The molecule has 0 N–H and O–H groups in total. The summed E-state index contributed by atoms with van der Waals surface area (Å²) in [5.74, 6) is 0.683. The molecule has 2 amide bonds. The van der Waals surface area contributed by atoms with Crippen LogP contribution in [0.1, 0.15) is 44.9 Å². The Morgan fingerprint density at radius 1 is 1.04 bits per heavy atom. The van der Waals surface area contributed by atoms with E-state index < -0.39 is 0 Å². The van der Waals surface area contributed by atoms with Crippen LogP contribution in [-0.2, 0) is 19.1 Å². The van der Waals surface area contributed by atoms with Crippen molar-refractivity contribution in [3.05, 3.63) is 0 Å². The van der Waals surface area contributed by atoms with Crippen molar-refractivity contribution in [2.75, 3.05) is 39.4 Å². The monoisotopic (exact) mass is 336 g/mol. The van der Waals surface area contributed by atoms with E-state index in [1.165, 1.54) is 6.42 Å². The Balaban J connectivity index is 1.23. The number of likely N-dealkylation sites (tertiary alicyclic amines) is 2. The molecule has 4 fully saturated rings. The van der Waals surface area contributed by atoms with E-state index in [1.54, 1.807) is 0 Å². The minimum absolute atomic E-state index is 0.0752. The fraction of sp³-hybridized carbons (Fsp3) is 0.889. The van der Waals surface area contributed by atoms with Crippen molar-refractivity contribution in [2.24, 2.45) is 5.92 Å². The van der Waals surface area contributed by atoms with E-state index in [0.717, 1.165) is 51.6 Å². The van der Waals surface area contributed by atoms with Crippen LogP contribution >= 0.6 is 0 Å². The van der Waals surface area contributed by atoms with E-state index in [0.29, 0.717) is 25.6 Å². The minimum Gasteiger partial charge on any atom is -0.371 e. The van der Waals surface area contributed by atoms with Gasteiger partial charge in [0.15, 0.2) is 0 Å². The predicted octanol–water partition coefficient (Wildman–Crippen LogP) is 1.19. The van der Waals surface area contributed by atoms with E-state index in [4.69, 9.17) is 9.47 Å². The average Bonchev–Trinajstić information content (AvgIpc) is 3.03. The molecule has 1 aliphatic carbocycles. The molecule has 1 saturated carbocycles. The summed E-state index contributed by atoms with van der Waals surface area (Å²) < 4.78 is 11.9. The van der Waals surface area contributed by atoms with Gasteiger partial charge in [0.05, 0.1) is 19.2 Å². The van der Waals surface area contributed by atoms with Crippen molar-refractivity contribution in [3.8, 4) is 0 Å². The van der Waals surface area contributed by atoms with Gasteiger partial charge in [0.25, 0.3) is 0 Å². The Morgan fingerprint density at radius 3 is 2.46 bits per heavy atom. The highest BCUT2D eigenvalue weighted by molar-refractivity contribution is 5.80. The molecule has 6 nitrogen and oxygen atoms in total. The highest BCUT2D eigenvalue weighted by atomic mass is 16.5. The molecule has 3 heterocycles. The van der Waals surface area contributed by atoms with Crippen LogP contribution in [0, 0.1) is 5.92 Å². The molecule has 1 atom stereocenters. The number of nitrogens with zero attached hydrogens (tertiary/aromatic N) is 2. The molecule has 0 bridgehead atoms. The second-order valence-corrected chi connectivity index (χ2v) is 7.87. The molecule has 4 rings (SSSR count). The van der Waals surface area contributed by atoms with Gasteiger partial charge in [-0.2, -0.15) is 0 Å². The molecule has 0 aromatic heterocycles. The van der Waals surface area contributed by atoms with Crippen LogP contribution < -0.4 is 0 Å².